The van der Waals surface area contributed by atoms with Gasteiger partial charge in [0.25, 0.3) is 0 Å². The number of aromatic nitrogens is 2. The van der Waals surface area contributed by atoms with Crippen molar-refractivity contribution in [3.63, 3.8) is 0 Å². The molecule has 0 aliphatic heterocycles. The van der Waals surface area contributed by atoms with E-state index < -0.39 is 67.4 Å². The molecule has 1 aromatic rings. The molecule has 1 rings (SSSR count). The van der Waals surface area contributed by atoms with Gasteiger partial charge >= 0.3 is 11.9 Å². The van der Waals surface area contributed by atoms with Crippen LogP contribution in [0.25, 0.3) is 0 Å². The fourth-order valence-corrected chi connectivity index (χ4v) is 2.13. The summed E-state index contributed by atoms with van der Waals surface area (Å²) in [5, 5.41) is 33.0. The van der Waals surface area contributed by atoms with E-state index in [9.17, 15) is 24.0 Å². The lowest BCUT2D eigenvalue weighted by atomic mass is 10.1. The molecule has 0 aromatic carbocycles. The maximum absolute atomic E-state index is 12.5. The summed E-state index contributed by atoms with van der Waals surface area (Å²) in [6, 6.07) is -4.25. The number of aliphatic hydroxyl groups excluding tert-OH is 1. The van der Waals surface area contributed by atoms with E-state index in [1.807, 2.05) is 0 Å². The summed E-state index contributed by atoms with van der Waals surface area (Å²) in [5.41, 5.74) is 5.76. The Morgan fingerprint density at radius 3 is 2.21 bits per heavy atom. The number of nitrogens with zero attached hydrogens (tertiary/aromatic N) is 1. The SMILES string of the molecule is NC(CO)C(=O)NC(CC(=O)O)C(=O)NC(Cc1cnc[nH]1)C(=O)NCC(=O)O. The number of aromatic amines is 1. The van der Waals surface area contributed by atoms with Crippen molar-refractivity contribution in [1.29, 1.82) is 0 Å². The minimum Gasteiger partial charge on any atom is -0.481 e. The van der Waals surface area contributed by atoms with E-state index in [4.69, 9.17) is 21.1 Å². The number of hydrogen-bond donors (Lipinski definition) is 8. The Hall–Kier alpha value is -3.52. The van der Waals surface area contributed by atoms with Gasteiger partial charge in [-0.1, -0.05) is 0 Å². The first kappa shape index (κ1) is 23.5. The van der Waals surface area contributed by atoms with Crippen LogP contribution < -0.4 is 21.7 Å². The summed E-state index contributed by atoms with van der Waals surface area (Å²) in [7, 11) is 0. The highest BCUT2D eigenvalue weighted by Crippen LogP contribution is 2.02. The molecule has 3 unspecified atom stereocenters. The predicted molar refractivity (Wildman–Crippen MR) is 94.1 cm³/mol. The van der Waals surface area contributed by atoms with Gasteiger partial charge in [-0.15, -0.1) is 0 Å². The van der Waals surface area contributed by atoms with Crippen LogP contribution in [0.1, 0.15) is 12.1 Å². The van der Waals surface area contributed by atoms with Gasteiger partial charge in [-0.3, -0.25) is 24.0 Å². The van der Waals surface area contributed by atoms with Crippen LogP contribution in [0.2, 0.25) is 0 Å². The van der Waals surface area contributed by atoms with Gasteiger partial charge in [0.05, 0.1) is 19.4 Å². The molecular weight excluding hydrogens is 392 g/mol. The Morgan fingerprint density at radius 2 is 1.69 bits per heavy atom. The summed E-state index contributed by atoms with van der Waals surface area (Å²) in [4.78, 5) is 64.7. The lowest BCUT2D eigenvalue weighted by molar-refractivity contribution is -0.141. The van der Waals surface area contributed by atoms with Crippen LogP contribution in [0.15, 0.2) is 12.5 Å². The Morgan fingerprint density at radius 1 is 1.03 bits per heavy atom. The number of aliphatic carboxylic acids is 2. The fourth-order valence-electron chi connectivity index (χ4n) is 2.13. The second kappa shape index (κ2) is 11.4. The van der Waals surface area contributed by atoms with Gasteiger partial charge in [-0.25, -0.2) is 4.98 Å². The van der Waals surface area contributed by atoms with Gasteiger partial charge in [0.15, 0.2) is 0 Å². The van der Waals surface area contributed by atoms with E-state index in [2.05, 4.69) is 25.9 Å². The van der Waals surface area contributed by atoms with Crippen molar-refractivity contribution >= 4 is 29.7 Å². The van der Waals surface area contributed by atoms with Crippen molar-refractivity contribution in [1.82, 2.24) is 25.9 Å². The highest BCUT2D eigenvalue weighted by Gasteiger charge is 2.30. The average Bonchev–Trinajstić information content (AvgIpc) is 3.16. The Bertz CT molecular complexity index is 737. The van der Waals surface area contributed by atoms with Gasteiger partial charge < -0.3 is 42.0 Å². The van der Waals surface area contributed by atoms with Crippen LogP contribution in [0.4, 0.5) is 0 Å². The normalized spacial score (nSPS) is 13.6. The van der Waals surface area contributed by atoms with Crippen molar-refractivity contribution in [2.45, 2.75) is 31.0 Å². The van der Waals surface area contributed by atoms with Gasteiger partial charge in [-0.2, -0.15) is 0 Å². The van der Waals surface area contributed by atoms with Crippen LogP contribution in [-0.4, -0.2) is 86.2 Å². The van der Waals surface area contributed by atoms with Gasteiger partial charge in [0.1, 0.15) is 24.7 Å². The molecule has 160 valence electrons. The average molecular weight is 414 g/mol. The molecule has 0 radical (unpaired) electrons. The Kier molecular flexibility index (Phi) is 9.21. The topological polar surface area (TPSA) is 237 Å². The van der Waals surface area contributed by atoms with Crippen LogP contribution in [0.5, 0.6) is 0 Å². The van der Waals surface area contributed by atoms with E-state index in [1.165, 1.54) is 12.5 Å². The number of carboxylic acid groups (broad SMARTS) is 2. The number of aliphatic hydroxyl groups is 1. The molecule has 14 heteroatoms. The van der Waals surface area contributed by atoms with Gasteiger partial charge in [0.2, 0.25) is 17.7 Å². The molecule has 3 atom stereocenters. The second-order valence-corrected chi connectivity index (χ2v) is 5.90. The number of carbonyl (C=O) groups excluding carboxylic acids is 3. The number of carbonyl (C=O) groups is 5. The van der Waals surface area contributed by atoms with Crippen LogP contribution in [0.3, 0.4) is 0 Å². The quantitative estimate of drug-likeness (QED) is 0.164. The number of imidazole rings is 1. The molecule has 0 saturated carbocycles. The highest BCUT2D eigenvalue weighted by atomic mass is 16.4. The first-order chi connectivity index (χ1) is 13.6. The molecule has 3 amide bonds. The lowest BCUT2D eigenvalue weighted by Gasteiger charge is -2.22. The number of nitrogens with one attached hydrogen (secondary N) is 4. The molecule has 0 bridgehead atoms. The fraction of sp³-hybridized carbons (Fsp3) is 0.467. The number of carboxylic acids is 2. The zero-order valence-corrected chi connectivity index (χ0v) is 15.1. The zero-order valence-electron chi connectivity index (χ0n) is 15.1. The standard InChI is InChI=1S/C15H22N6O8/c16-8(5-22)13(27)20-10(2-11(23)24)15(29)21-9(1-7-3-17-6-19-7)14(28)18-4-12(25)26/h3,6,8-10,22H,1-2,4-5,16H2,(H,17,19)(H,18,28)(H,20,27)(H,21,29)(H,23,24)(H,25,26). The third-order valence-electron chi connectivity index (χ3n) is 3.57. The molecule has 29 heavy (non-hydrogen) atoms. The lowest BCUT2D eigenvalue weighted by Crippen LogP contribution is -2.57. The molecule has 1 heterocycles. The number of rotatable bonds is 12. The first-order valence-electron chi connectivity index (χ1n) is 8.29. The molecule has 0 saturated heterocycles. The first-order valence-corrected chi connectivity index (χ1v) is 8.29. The minimum atomic E-state index is -1.59. The summed E-state index contributed by atoms with van der Waals surface area (Å²) in [6.45, 7) is -1.43. The summed E-state index contributed by atoms with van der Waals surface area (Å²) in [5.74, 6) is -5.54. The maximum atomic E-state index is 12.5. The smallest absolute Gasteiger partial charge is 0.322 e. The van der Waals surface area contributed by atoms with Crippen molar-refractivity contribution in [2.24, 2.45) is 5.73 Å². The third kappa shape index (κ3) is 8.35. The monoisotopic (exact) mass is 414 g/mol. The maximum Gasteiger partial charge on any atom is 0.322 e. The van der Waals surface area contributed by atoms with E-state index in [-0.39, 0.29) is 6.42 Å². The number of nitrogens with two attached hydrogens (primary N) is 1. The molecule has 0 fully saturated rings. The number of amides is 3. The molecule has 1 aromatic heterocycles. The van der Waals surface area contributed by atoms with E-state index in [1.54, 1.807) is 0 Å². The van der Waals surface area contributed by atoms with Crippen molar-refractivity contribution in [3.8, 4) is 0 Å². The minimum absolute atomic E-state index is 0.110. The van der Waals surface area contributed by atoms with Gasteiger partial charge in [-0.05, 0) is 0 Å². The van der Waals surface area contributed by atoms with E-state index in [0.717, 1.165) is 0 Å². The predicted octanol–water partition coefficient (Wildman–Crippen LogP) is -4.08. The largest absolute Gasteiger partial charge is 0.481 e. The van der Waals surface area contributed by atoms with Crippen LogP contribution in [-0.2, 0) is 30.4 Å². The molecule has 0 spiro atoms. The number of hydrogen-bond acceptors (Lipinski definition) is 8. The van der Waals surface area contributed by atoms with E-state index in [0.29, 0.717) is 5.69 Å². The Labute approximate surface area is 163 Å². The second-order valence-electron chi connectivity index (χ2n) is 5.90. The summed E-state index contributed by atoms with van der Waals surface area (Å²) >= 11 is 0. The van der Waals surface area contributed by atoms with Crippen LogP contribution in [0, 0.1) is 0 Å². The Balaban J connectivity index is 2.93. The van der Waals surface area contributed by atoms with Crippen LogP contribution >= 0.6 is 0 Å². The summed E-state index contributed by atoms with van der Waals surface area (Å²) in [6.07, 6.45) is 1.78. The molecular formula is C15H22N6O8. The van der Waals surface area contributed by atoms with Crippen molar-refractivity contribution in [3.05, 3.63) is 18.2 Å². The van der Waals surface area contributed by atoms with Crippen molar-refractivity contribution in [2.75, 3.05) is 13.2 Å². The van der Waals surface area contributed by atoms with E-state index >= 15 is 0 Å². The molecule has 0 aliphatic carbocycles. The number of H-pyrrole nitrogens is 1. The summed E-state index contributed by atoms with van der Waals surface area (Å²) < 4.78 is 0. The van der Waals surface area contributed by atoms with Gasteiger partial charge in [0, 0.05) is 18.3 Å². The molecule has 14 nitrogen and oxygen atoms in total. The highest BCUT2D eigenvalue weighted by molar-refractivity contribution is 5.95. The van der Waals surface area contributed by atoms with Crippen molar-refractivity contribution < 1.29 is 39.3 Å². The molecule has 9 N–H and O–H groups in total. The zero-order chi connectivity index (χ0) is 22.0. The molecule has 0 aliphatic rings. The third-order valence-corrected chi connectivity index (χ3v) is 3.57.